The van der Waals surface area contributed by atoms with E-state index >= 15 is 0 Å². The summed E-state index contributed by atoms with van der Waals surface area (Å²) in [6.45, 7) is 8.32. The first-order valence-electron chi connectivity index (χ1n) is 6.82. The molecule has 1 heterocycles. The fourth-order valence-corrected chi connectivity index (χ4v) is 2.79. The predicted octanol–water partition coefficient (Wildman–Crippen LogP) is 1.81. The van der Waals surface area contributed by atoms with Crippen molar-refractivity contribution in [2.75, 3.05) is 13.1 Å². The van der Waals surface area contributed by atoms with Crippen LogP contribution >= 0.6 is 11.3 Å². The van der Waals surface area contributed by atoms with E-state index in [0.29, 0.717) is 13.0 Å². The van der Waals surface area contributed by atoms with E-state index < -0.39 is 0 Å². The Kier molecular flexibility index (Phi) is 7.05. The van der Waals surface area contributed by atoms with E-state index in [2.05, 4.69) is 34.7 Å². The lowest BCUT2D eigenvalue weighted by atomic mass is 10.1. The van der Waals surface area contributed by atoms with Crippen LogP contribution in [0.5, 0.6) is 0 Å². The second kappa shape index (κ2) is 8.30. The van der Waals surface area contributed by atoms with Crippen LogP contribution in [0.1, 0.15) is 32.1 Å². The van der Waals surface area contributed by atoms with Gasteiger partial charge in [-0.1, -0.05) is 13.0 Å². The standard InChI is InChI=1S/C14H25N3OS/c1-4-17(10-13-6-5-7-19-13)12(9-15)8-14(18)16-11(2)3/h5-7,11-12H,4,8-10,15H2,1-3H3,(H,16,18). The summed E-state index contributed by atoms with van der Waals surface area (Å²) in [6.07, 6.45) is 0.466. The fraction of sp³-hybridized carbons (Fsp3) is 0.643. The van der Waals surface area contributed by atoms with Crippen molar-refractivity contribution in [3.8, 4) is 0 Å². The van der Waals surface area contributed by atoms with Crippen LogP contribution in [0.2, 0.25) is 0 Å². The fourth-order valence-electron chi connectivity index (χ4n) is 2.06. The maximum atomic E-state index is 11.9. The summed E-state index contributed by atoms with van der Waals surface area (Å²) < 4.78 is 0. The lowest BCUT2D eigenvalue weighted by Gasteiger charge is -2.29. The molecule has 0 aliphatic rings. The first-order valence-corrected chi connectivity index (χ1v) is 7.70. The third-order valence-corrected chi connectivity index (χ3v) is 3.87. The Morgan fingerprint density at radius 3 is 2.74 bits per heavy atom. The Morgan fingerprint density at radius 1 is 1.53 bits per heavy atom. The van der Waals surface area contributed by atoms with Crippen LogP contribution in [-0.4, -0.2) is 36.0 Å². The molecule has 19 heavy (non-hydrogen) atoms. The summed E-state index contributed by atoms with van der Waals surface area (Å²) in [7, 11) is 0. The molecule has 4 nitrogen and oxygen atoms in total. The molecule has 0 aliphatic carbocycles. The van der Waals surface area contributed by atoms with E-state index in [1.165, 1.54) is 4.88 Å². The average molecular weight is 283 g/mol. The van der Waals surface area contributed by atoms with Crippen LogP contribution in [0.15, 0.2) is 17.5 Å². The second-order valence-corrected chi connectivity index (χ2v) is 5.99. The van der Waals surface area contributed by atoms with Crippen LogP contribution in [0, 0.1) is 0 Å². The molecule has 0 fully saturated rings. The number of nitrogens with zero attached hydrogens (tertiary/aromatic N) is 1. The quantitative estimate of drug-likeness (QED) is 0.765. The van der Waals surface area contributed by atoms with Gasteiger partial charge in [0.05, 0.1) is 0 Å². The lowest BCUT2D eigenvalue weighted by molar-refractivity contribution is -0.122. The van der Waals surface area contributed by atoms with Crippen molar-refractivity contribution in [3.05, 3.63) is 22.4 Å². The zero-order chi connectivity index (χ0) is 14.3. The molecular weight excluding hydrogens is 258 g/mol. The van der Waals surface area contributed by atoms with Gasteiger partial charge >= 0.3 is 0 Å². The van der Waals surface area contributed by atoms with Gasteiger partial charge in [-0.15, -0.1) is 11.3 Å². The number of thiophene rings is 1. The molecule has 1 atom stereocenters. The molecule has 1 unspecified atom stereocenters. The molecule has 3 N–H and O–H groups in total. The smallest absolute Gasteiger partial charge is 0.221 e. The monoisotopic (exact) mass is 283 g/mol. The van der Waals surface area contributed by atoms with Crippen molar-refractivity contribution >= 4 is 17.2 Å². The van der Waals surface area contributed by atoms with Crippen molar-refractivity contribution in [1.82, 2.24) is 10.2 Å². The number of nitrogens with one attached hydrogen (secondary N) is 1. The van der Waals surface area contributed by atoms with Gasteiger partial charge in [0.2, 0.25) is 5.91 Å². The molecule has 0 saturated heterocycles. The number of nitrogens with two attached hydrogens (primary N) is 1. The van der Waals surface area contributed by atoms with Gasteiger partial charge < -0.3 is 11.1 Å². The normalized spacial score (nSPS) is 12.9. The van der Waals surface area contributed by atoms with E-state index in [0.717, 1.165) is 13.1 Å². The van der Waals surface area contributed by atoms with Crippen molar-refractivity contribution in [2.45, 2.75) is 45.8 Å². The minimum Gasteiger partial charge on any atom is -0.354 e. The van der Waals surface area contributed by atoms with Gasteiger partial charge in [0.15, 0.2) is 0 Å². The second-order valence-electron chi connectivity index (χ2n) is 4.96. The van der Waals surface area contributed by atoms with Crippen LogP contribution in [0.4, 0.5) is 0 Å². The molecule has 0 aliphatic heterocycles. The Labute approximate surface area is 120 Å². The van der Waals surface area contributed by atoms with E-state index in [9.17, 15) is 4.79 Å². The molecule has 1 rings (SSSR count). The number of hydrogen-bond donors (Lipinski definition) is 2. The largest absolute Gasteiger partial charge is 0.354 e. The van der Waals surface area contributed by atoms with Crippen molar-refractivity contribution in [3.63, 3.8) is 0 Å². The van der Waals surface area contributed by atoms with E-state index in [1.54, 1.807) is 11.3 Å². The zero-order valence-electron chi connectivity index (χ0n) is 12.1. The highest BCUT2D eigenvalue weighted by molar-refractivity contribution is 7.09. The Hall–Kier alpha value is -0.910. The number of amides is 1. The molecule has 5 heteroatoms. The highest BCUT2D eigenvalue weighted by atomic mass is 32.1. The van der Waals surface area contributed by atoms with Crippen molar-refractivity contribution in [1.29, 1.82) is 0 Å². The lowest BCUT2D eigenvalue weighted by Crippen LogP contribution is -2.44. The first-order chi connectivity index (χ1) is 9.06. The summed E-state index contributed by atoms with van der Waals surface area (Å²) in [6, 6.07) is 4.45. The highest BCUT2D eigenvalue weighted by Gasteiger charge is 2.19. The molecular formula is C14H25N3OS. The van der Waals surface area contributed by atoms with Gasteiger partial charge in [0.1, 0.15) is 0 Å². The molecule has 0 bridgehead atoms. The molecule has 1 aromatic rings. The number of hydrogen-bond acceptors (Lipinski definition) is 4. The van der Waals surface area contributed by atoms with Gasteiger partial charge in [-0.2, -0.15) is 0 Å². The number of likely N-dealkylation sites (N-methyl/N-ethyl adjacent to an activating group) is 1. The van der Waals surface area contributed by atoms with Crippen LogP contribution < -0.4 is 11.1 Å². The number of carbonyl (C=O) groups excluding carboxylic acids is 1. The van der Waals surface area contributed by atoms with Gasteiger partial charge in [-0.3, -0.25) is 9.69 Å². The van der Waals surface area contributed by atoms with Gasteiger partial charge in [-0.05, 0) is 31.8 Å². The maximum Gasteiger partial charge on any atom is 0.221 e. The number of carbonyl (C=O) groups is 1. The highest BCUT2D eigenvalue weighted by Crippen LogP contribution is 2.14. The van der Waals surface area contributed by atoms with Gasteiger partial charge in [-0.25, -0.2) is 0 Å². The van der Waals surface area contributed by atoms with E-state index in [-0.39, 0.29) is 18.0 Å². The maximum absolute atomic E-state index is 11.9. The SMILES string of the molecule is CCN(Cc1cccs1)C(CN)CC(=O)NC(C)C. The zero-order valence-corrected chi connectivity index (χ0v) is 12.9. The Bertz CT molecular complexity index is 365. The Morgan fingerprint density at radius 2 is 2.26 bits per heavy atom. The van der Waals surface area contributed by atoms with Gasteiger partial charge in [0.25, 0.3) is 0 Å². The topological polar surface area (TPSA) is 58.4 Å². The molecule has 0 spiro atoms. The van der Waals surface area contributed by atoms with Crippen LogP contribution in [0.3, 0.4) is 0 Å². The van der Waals surface area contributed by atoms with Crippen molar-refractivity contribution < 1.29 is 4.79 Å². The minimum absolute atomic E-state index is 0.0788. The third kappa shape index (κ3) is 5.72. The summed E-state index contributed by atoms with van der Waals surface area (Å²) in [5.41, 5.74) is 5.84. The summed E-state index contributed by atoms with van der Waals surface area (Å²) in [4.78, 5) is 15.4. The number of rotatable bonds is 8. The van der Waals surface area contributed by atoms with Gasteiger partial charge in [0, 0.05) is 36.5 Å². The average Bonchev–Trinajstić information content (AvgIpc) is 2.85. The Balaban J connectivity index is 2.57. The molecule has 1 aromatic heterocycles. The predicted molar refractivity (Wildman–Crippen MR) is 81.1 cm³/mol. The summed E-state index contributed by atoms with van der Waals surface area (Å²) >= 11 is 1.74. The first kappa shape index (κ1) is 16.1. The minimum atomic E-state index is 0.0788. The van der Waals surface area contributed by atoms with Crippen LogP contribution in [-0.2, 0) is 11.3 Å². The van der Waals surface area contributed by atoms with Crippen molar-refractivity contribution in [2.24, 2.45) is 5.73 Å². The van der Waals surface area contributed by atoms with E-state index in [1.807, 2.05) is 13.8 Å². The molecule has 0 saturated carbocycles. The third-order valence-electron chi connectivity index (χ3n) is 3.00. The molecule has 108 valence electrons. The molecule has 0 aromatic carbocycles. The molecule has 1 amide bonds. The summed E-state index contributed by atoms with van der Waals surface area (Å²) in [5.74, 6) is 0.0788. The van der Waals surface area contributed by atoms with E-state index in [4.69, 9.17) is 5.73 Å². The summed E-state index contributed by atoms with van der Waals surface area (Å²) in [5, 5.41) is 5.00. The molecule has 0 radical (unpaired) electrons. The van der Waals surface area contributed by atoms with Crippen LogP contribution in [0.25, 0.3) is 0 Å².